The standard InChI is InChI=1S/C18H19F3N6O3S/c19-18(20,21)31(29,30)13-3-1-12(2-4-13)25-16-14(15(23)28)11-27(26-16)17(5-8-22)6-9-24-10-7-17/h1-4,11,24H,5-7,9-10H2,(H2,23,28)(H,25,26). The summed E-state index contributed by atoms with van der Waals surface area (Å²) in [5, 5.41) is 19.6. The van der Waals surface area contributed by atoms with E-state index in [9.17, 15) is 31.6 Å². The van der Waals surface area contributed by atoms with Crippen molar-refractivity contribution in [1.82, 2.24) is 15.1 Å². The van der Waals surface area contributed by atoms with Crippen molar-refractivity contribution in [3.8, 4) is 6.07 Å². The minimum atomic E-state index is -5.47. The first-order valence-corrected chi connectivity index (χ1v) is 10.6. The van der Waals surface area contributed by atoms with Gasteiger partial charge in [0.1, 0.15) is 5.56 Å². The molecule has 0 aliphatic carbocycles. The predicted octanol–water partition coefficient (Wildman–Crippen LogP) is 2.01. The Morgan fingerprint density at radius 3 is 2.42 bits per heavy atom. The number of anilines is 2. The predicted molar refractivity (Wildman–Crippen MR) is 104 cm³/mol. The lowest BCUT2D eigenvalue weighted by Gasteiger charge is -2.36. The van der Waals surface area contributed by atoms with Gasteiger partial charge in [0.2, 0.25) is 0 Å². The third-order valence-corrected chi connectivity index (χ3v) is 6.64. The number of sulfone groups is 1. The highest BCUT2D eigenvalue weighted by molar-refractivity contribution is 7.92. The second-order valence-corrected chi connectivity index (χ2v) is 9.05. The molecule has 13 heteroatoms. The highest BCUT2D eigenvalue weighted by Crippen LogP contribution is 2.34. The Kier molecular flexibility index (Phi) is 5.97. The Morgan fingerprint density at radius 2 is 1.90 bits per heavy atom. The lowest BCUT2D eigenvalue weighted by atomic mass is 9.86. The molecular weight excluding hydrogens is 437 g/mol. The van der Waals surface area contributed by atoms with Crippen LogP contribution in [0.5, 0.6) is 0 Å². The summed E-state index contributed by atoms with van der Waals surface area (Å²) in [5.74, 6) is -0.735. The SMILES string of the molecule is N#CCC1(n2cc(C(N)=O)c(Nc3ccc(S(=O)(=O)C(F)(F)F)cc3)n2)CCNCC1. The van der Waals surface area contributed by atoms with Crippen LogP contribution in [0.3, 0.4) is 0 Å². The van der Waals surface area contributed by atoms with Gasteiger partial charge in [0.15, 0.2) is 5.82 Å². The highest BCUT2D eigenvalue weighted by Gasteiger charge is 2.46. The first-order chi connectivity index (χ1) is 14.5. The Hall–Kier alpha value is -3.11. The molecule has 9 nitrogen and oxygen atoms in total. The van der Waals surface area contributed by atoms with E-state index in [1.54, 1.807) is 0 Å². The summed E-state index contributed by atoms with van der Waals surface area (Å²) in [6, 6.07) is 5.99. The Morgan fingerprint density at radius 1 is 1.29 bits per heavy atom. The fourth-order valence-electron chi connectivity index (χ4n) is 3.40. The van der Waals surface area contributed by atoms with Crippen molar-refractivity contribution in [2.24, 2.45) is 5.73 Å². The van der Waals surface area contributed by atoms with Crippen LogP contribution in [-0.2, 0) is 15.4 Å². The molecule has 2 heterocycles. The second-order valence-electron chi connectivity index (χ2n) is 7.11. The highest BCUT2D eigenvalue weighted by atomic mass is 32.2. The molecule has 2 aromatic rings. The Labute approximate surface area is 175 Å². The van der Waals surface area contributed by atoms with Crippen molar-refractivity contribution in [3.05, 3.63) is 36.0 Å². The number of nitrogens with two attached hydrogens (primary N) is 1. The molecule has 0 spiro atoms. The van der Waals surface area contributed by atoms with Crippen LogP contribution in [0, 0.1) is 11.3 Å². The quantitative estimate of drug-likeness (QED) is 0.603. The molecule has 0 saturated carbocycles. The molecule has 1 fully saturated rings. The molecule has 1 aromatic carbocycles. The van der Waals surface area contributed by atoms with E-state index in [2.05, 4.69) is 21.8 Å². The summed E-state index contributed by atoms with van der Waals surface area (Å²) >= 11 is 0. The monoisotopic (exact) mass is 456 g/mol. The van der Waals surface area contributed by atoms with Crippen LogP contribution < -0.4 is 16.4 Å². The number of hydrogen-bond acceptors (Lipinski definition) is 7. The molecule has 1 saturated heterocycles. The maximum absolute atomic E-state index is 12.7. The van der Waals surface area contributed by atoms with Gasteiger partial charge in [0, 0.05) is 11.9 Å². The summed E-state index contributed by atoms with van der Waals surface area (Å²) in [7, 11) is -5.47. The van der Waals surface area contributed by atoms with Gasteiger partial charge in [-0.3, -0.25) is 9.48 Å². The van der Waals surface area contributed by atoms with E-state index in [4.69, 9.17) is 5.73 Å². The topological polar surface area (TPSA) is 143 Å². The van der Waals surface area contributed by atoms with Crippen molar-refractivity contribution in [2.45, 2.75) is 35.2 Å². The van der Waals surface area contributed by atoms with Gasteiger partial charge in [-0.25, -0.2) is 8.42 Å². The van der Waals surface area contributed by atoms with Gasteiger partial charge in [-0.1, -0.05) is 0 Å². The number of primary amides is 1. The zero-order chi connectivity index (χ0) is 22.9. The maximum atomic E-state index is 12.7. The number of alkyl halides is 3. The molecule has 0 bridgehead atoms. The maximum Gasteiger partial charge on any atom is 0.501 e. The number of carbonyl (C=O) groups is 1. The third kappa shape index (κ3) is 4.35. The minimum Gasteiger partial charge on any atom is -0.365 e. The molecule has 166 valence electrons. The van der Waals surface area contributed by atoms with Crippen LogP contribution >= 0.6 is 0 Å². The Balaban J connectivity index is 1.93. The number of benzene rings is 1. The van der Waals surface area contributed by atoms with E-state index < -0.39 is 31.7 Å². The number of aromatic nitrogens is 2. The minimum absolute atomic E-state index is 0.0304. The molecule has 0 unspecified atom stereocenters. The summed E-state index contributed by atoms with van der Waals surface area (Å²) in [6.07, 6.45) is 2.81. The fourth-order valence-corrected chi connectivity index (χ4v) is 4.17. The van der Waals surface area contributed by atoms with Gasteiger partial charge in [-0.15, -0.1) is 0 Å². The lowest BCUT2D eigenvalue weighted by Crippen LogP contribution is -2.44. The molecule has 0 atom stereocenters. The van der Waals surface area contributed by atoms with E-state index in [1.165, 1.54) is 10.9 Å². The second kappa shape index (κ2) is 8.20. The molecular formula is C18H19F3N6O3S. The molecule has 1 amide bonds. The van der Waals surface area contributed by atoms with Crippen molar-refractivity contribution >= 4 is 27.2 Å². The van der Waals surface area contributed by atoms with Crippen molar-refractivity contribution in [3.63, 3.8) is 0 Å². The van der Waals surface area contributed by atoms with Crippen LogP contribution in [0.1, 0.15) is 29.6 Å². The van der Waals surface area contributed by atoms with Crippen molar-refractivity contribution in [1.29, 1.82) is 5.26 Å². The number of hydrogen-bond donors (Lipinski definition) is 3. The van der Waals surface area contributed by atoms with E-state index in [-0.39, 0.29) is 23.5 Å². The molecule has 31 heavy (non-hydrogen) atoms. The van der Waals surface area contributed by atoms with Crippen molar-refractivity contribution < 1.29 is 26.4 Å². The molecule has 1 aromatic heterocycles. The van der Waals surface area contributed by atoms with Gasteiger partial charge in [-0.05, 0) is 50.2 Å². The molecule has 1 aliphatic heterocycles. The lowest BCUT2D eigenvalue weighted by molar-refractivity contribution is -0.0436. The van der Waals surface area contributed by atoms with E-state index in [0.29, 0.717) is 25.9 Å². The number of piperidine rings is 1. The first kappa shape index (κ1) is 22.6. The van der Waals surface area contributed by atoms with Crippen LogP contribution in [0.25, 0.3) is 0 Å². The Bertz CT molecular complexity index is 1110. The largest absolute Gasteiger partial charge is 0.501 e. The zero-order valence-corrected chi connectivity index (χ0v) is 16.9. The number of rotatable bonds is 6. The molecule has 1 aliphatic rings. The van der Waals surface area contributed by atoms with E-state index in [0.717, 1.165) is 24.3 Å². The number of nitrogens with one attached hydrogen (secondary N) is 2. The van der Waals surface area contributed by atoms with E-state index >= 15 is 0 Å². The molecule has 4 N–H and O–H groups in total. The van der Waals surface area contributed by atoms with E-state index in [1.807, 2.05) is 0 Å². The number of amides is 1. The summed E-state index contributed by atoms with van der Waals surface area (Å²) in [5.41, 5.74) is -0.367. The van der Waals surface area contributed by atoms with Gasteiger partial charge in [0.05, 0.1) is 22.9 Å². The third-order valence-electron chi connectivity index (χ3n) is 5.14. The summed E-state index contributed by atoms with van der Waals surface area (Å²) < 4.78 is 62.6. The van der Waals surface area contributed by atoms with Gasteiger partial charge in [-0.2, -0.15) is 23.5 Å². The van der Waals surface area contributed by atoms with Crippen LogP contribution in [0.15, 0.2) is 35.4 Å². The van der Waals surface area contributed by atoms with Crippen molar-refractivity contribution in [2.75, 3.05) is 18.4 Å². The zero-order valence-electron chi connectivity index (χ0n) is 16.1. The number of nitriles is 1. The van der Waals surface area contributed by atoms with Gasteiger partial charge < -0.3 is 16.4 Å². The van der Waals surface area contributed by atoms with Crippen LogP contribution in [0.2, 0.25) is 0 Å². The van der Waals surface area contributed by atoms with Gasteiger partial charge in [0.25, 0.3) is 15.7 Å². The van der Waals surface area contributed by atoms with Gasteiger partial charge >= 0.3 is 5.51 Å². The summed E-state index contributed by atoms with van der Waals surface area (Å²) in [6.45, 7) is 1.32. The average molecular weight is 456 g/mol. The van der Waals surface area contributed by atoms with Crippen LogP contribution in [-0.4, -0.2) is 42.7 Å². The summed E-state index contributed by atoms with van der Waals surface area (Å²) in [4.78, 5) is 11.0. The fraction of sp³-hybridized carbons (Fsp3) is 0.389. The van der Waals surface area contributed by atoms with Crippen LogP contribution in [0.4, 0.5) is 24.7 Å². The average Bonchev–Trinajstić information content (AvgIpc) is 3.13. The number of carbonyl (C=O) groups excluding carboxylic acids is 1. The number of halogens is 3. The number of nitrogens with zero attached hydrogens (tertiary/aromatic N) is 3. The molecule has 0 radical (unpaired) electrons. The first-order valence-electron chi connectivity index (χ1n) is 9.16. The smallest absolute Gasteiger partial charge is 0.365 e. The molecule has 3 rings (SSSR count). The normalized spacial score (nSPS) is 16.5.